The molecule has 0 saturated carbocycles. The van der Waals surface area contributed by atoms with Gasteiger partial charge in [0.05, 0.1) is 5.56 Å². The lowest BCUT2D eigenvalue weighted by atomic mass is 10.1. The maximum Gasteiger partial charge on any atom is 0.408 e. The summed E-state index contributed by atoms with van der Waals surface area (Å²) in [5, 5.41) is 8.86. The largest absolute Gasteiger partial charge is 0.408 e. The highest BCUT2D eigenvalue weighted by atomic mass is 32.2. The summed E-state index contributed by atoms with van der Waals surface area (Å²) in [4.78, 5) is 4.13. The summed E-state index contributed by atoms with van der Waals surface area (Å²) >= 11 is 0.742. The molecule has 1 aromatic heterocycles. The summed E-state index contributed by atoms with van der Waals surface area (Å²) in [5.74, 6) is -2.56. The zero-order chi connectivity index (χ0) is 18.6. The molecule has 0 aliphatic rings. The van der Waals surface area contributed by atoms with Crippen molar-refractivity contribution in [1.29, 1.82) is 5.26 Å². The first-order valence-electron chi connectivity index (χ1n) is 7.07. The minimum atomic E-state index is -4.71. The zero-order valence-electron chi connectivity index (χ0n) is 12.9. The average molecular weight is 373 g/mol. The fourth-order valence-corrected chi connectivity index (χ4v) is 3.20. The standard InChI is InChI=1S/C16H12F5N3S/c1-2-24(25-12-5-10(7-22)8-23-9-12)15(16(19,20)21)11-3-4-13(17)14(18)6-11/h3-6,8-9,15H,2H2,1H3/t15-/m1/s1. The normalized spacial score (nSPS) is 12.9. The van der Waals surface area contributed by atoms with Crippen molar-refractivity contribution in [2.45, 2.75) is 24.0 Å². The molecule has 0 spiro atoms. The molecule has 132 valence electrons. The lowest BCUT2D eigenvalue weighted by Crippen LogP contribution is -2.34. The molecule has 0 amide bonds. The van der Waals surface area contributed by atoms with Gasteiger partial charge in [0.2, 0.25) is 0 Å². The molecule has 0 bridgehead atoms. The first-order valence-corrected chi connectivity index (χ1v) is 7.85. The molecule has 0 fully saturated rings. The zero-order valence-corrected chi connectivity index (χ0v) is 13.7. The van der Waals surface area contributed by atoms with E-state index in [1.54, 1.807) is 0 Å². The van der Waals surface area contributed by atoms with E-state index < -0.39 is 29.4 Å². The Morgan fingerprint density at radius 1 is 1.20 bits per heavy atom. The monoisotopic (exact) mass is 373 g/mol. The second-order valence-electron chi connectivity index (χ2n) is 4.96. The highest BCUT2D eigenvalue weighted by molar-refractivity contribution is 7.97. The third-order valence-electron chi connectivity index (χ3n) is 3.23. The molecule has 25 heavy (non-hydrogen) atoms. The van der Waals surface area contributed by atoms with Crippen LogP contribution in [-0.4, -0.2) is 22.0 Å². The topological polar surface area (TPSA) is 39.9 Å². The Kier molecular flexibility index (Phi) is 5.98. The van der Waals surface area contributed by atoms with Gasteiger partial charge in [0, 0.05) is 23.8 Å². The van der Waals surface area contributed by atoms with E-state index >= 15 is 0 Å². The van der Waals surface area contributed by atoms with Crippen molar-refractivity contribution in [3.05, 3.63) is 59.4 Å². The van der Waals surface area contributed by atoms with Crippen molar-refractivity contribution in [3.63, 3.8) is 0 Å². The minimum Gasteiger partial charge on any atom is -0.262 e. The van der Waals surface area contributed by atoms with Crippen LogP contribution in [0.5, 0.6) is 0 Å². The van der Waals surface area contributed by atoms with Gasteiger partial charge in [0.1, 0.15) is 12.1 Å². The third-order valence-corrected chi connectivity index (χ3v) is 4.37. The number of alkyl halides is 3. The lowest BCUT2D eigenvalue weighted by Gasteiger charge is -2.31. The molecule has 0 unspecified atom stereocenters. The van der Waals surface area contributed by atoms with Gasteiger partial charge in [0.25, 0.3) is 0 Å². The maximum atomic E-state index is 13.6. The van der Waals surface area contributed by atoms with E-state index in [4.69, 9.17) is 5.26 Å². The molecule has 3 nitrogen and oxygen atoms in total. The van der Waals surface area contributed by atoms with Gasteiger partial charge < -0.3 is 0 Å². The summed E-state index contributed by atoms with van der Waals surface area (Å²) in [5.41, 5.74) is -0.206. The number of pyridine rings is 1. The first kappa shape index (κ1) is 19.1. The number of nitrogens with zero attached hydrogens (tertiary/aromatic N) is 3. The van der Waals surface area contributed by atoms with Crippen molar-refractivity contribution in [2.24, 2.45) is 0 Å². The number of hydrogen-bond donors (Lipinski definition) is 0. The Labute approximate surface area is 145 Å². The predicted molar refractivity (Wildman–Crippen MR) is 82.3 cm³/mol. The van der Waals surface area contributed by atoms with Crippen LogP contribution in [0.1, 0.15) is 24.1 Å². The Hall–Kier alpha value is -2.18. The van der Waals surface area contributed by atoms with Crippen LogP contribution in [0, 0.1) is 23.0 Å². The summed E-state index contributed by atoms with van der Waals surface area (Å²) in [6, 6.07) is 3.22. The van der Waals surface area contributed by atoms with Crippen molar-refractivity contribution < 1.29 is 22.0 Å². The van der Waals surface area contributed by atoms with Gasteiger partial charge in [-0.1, -0.05) is 13.0 Å². The summed E-state index contributed by atoms with van der Waals surface area (Å²) < 4.78 is 68.2. The summed E-state index contributed by atoms with van der Waals surface area (Å²) in [7, 11) is 0. The van der Waals surface area contributed by atoms with Crippen LogP contribution >= 0.6 is 11.9 Å². The highest BCUT2D eigenvalue weighted by Gasteiger charge is 2.45. The second kappa shape index (κ2) is 7.80. The van der Waals surface area contributed by atoms with E-state index in [0.717, 1.165) is 22.3 Å². The smallest absolute Gasteiger partial charge is 0.262 e. The van der Waals surface area contributed by atoms with Crippen LogP contribution < -0.4 is 0 Å². The fourth-order valence-electron chi connectivity index (χ4n) is 2.17. The molecule has 1 atom stereocenters. The maximum absolute atomic E-state index is 13.6. The quantitative estimate of drug-likeness (QED) is 0.554. The highest BCUT2D eigenvalue weighted by Crippen LogP contribution is 2.42. The van der Waals surface area contributed by atoms with Gasteiger partial charge in [-0.05, 0) is 35.7 Å². The Morgan fingerprint density at radius 2 is 1.92 bits per heavy atom. The molecule has 1 aromatic carbocycles. The minimum absolute atomic E-state index is 0.0371. The van der Waals surface area contributed by atoms with E-state index in [0.29, 0.717) is 17.0 Å². The van der Waals surface area contributed by atoms with Gasteiger partial charge in [-0.15, -0.1) is 0 Å². The number of benzene rings is 1. The van der Waals surface area contributed by atoms with Gasteiger partial charge in [0.15, 0.2) is 11.6 Å². The van der Waals surface area contributed by atoms with Crippen molar-refractivity contribution in [2.75, 3.05) is 6.54 Å². The molecular formula is C16H12F5N3S. The molecule has 0 N–H and O–H groups in total. The number of nitriles is 1. The Balaban J connectivity index is 2.40. The van der Waals surface area contributed by atoms with Crippen LogP contribution in [0.25, 0.3) is 0 Å². The molecule has 1 heterocycles. The SMILES string of the molecule is CCN(Sc1cncc(C#N)c1)[C@H](c1ccc(F)c(F)c1)C(F)(F)F. The molecule has 0 aliphatic heterocycles. The summed E-state index contributed by atoms with van der Waals surface area (Å²) in [6.45, 7) is 1.47. The van der Waals surface area contributed by atoms with Crippen LogP contribution in [0.4, 0.5) is 22.0 Å². The van der Waals surface area contributed by atoms with E-state index in [-0.39, 0.29) is 12.1 Å². The second-order valence-corrected chi connectivity index (χ2v) is 6.09. The first-order chi connectivity index (χ1) is 11.8. The molecule has 0 radical (unpaired) electrons. The van der Waals surface area contributed by atoms with Gasteiger partial charge in [-0.3, -0.25) is 4.98 Å². The van der Waals surface area contributed by atoms with E-state index in [1.807, 2.05) is 6.07 Å². The molecule has 0 saturated heterocycles. The average Bonchev–Trinajstić information content (AvgIpc) is 2.56. The van der Waals surface area contributed by atoms with Crippen LogP contribution in [0.2, 0.25) is 0 Å². The number of hydrogen-bond acceptors (Lipinski definition) is 4. The molecule has 9 heteroatoms. The van der Waals surface area contributed by atoms with Gasteiger partial charge >= 0.3 is 6.18 Å². The Morgan fingerprint density at radius 3 is 2.48 bits per heavy atom. The van der Waals surface area contributed by atoms with Crippen LogP contribution in [-0.2, 0) is 0 Å². The van der Waals surface area contributed by atoms with Gasteiger partial charge in [-0.2, -0.15) is 18.4 Å². The predicted octanol–water partition coefficient (Wildman–Crippen LogP) is 4.86. The van der Waals surface area contributed by atoms with E-state index in [1.165, 1.54) is 25.4 Å². The molecular weight excluding hydrogens is 361 g/mol. The van der Waals surface area contributed by atoms with E-state index in [2.05, 4.69) is 4.98 Å². The summed E-state index contributed by atoms with van der Waals surface area (Å²) in [6.07, 6.45) is -2.10. The molecule has 2 aromatic rings. The van der Waals surface area contributed by atoms with Gasteiger partial charge in [-0.25, -0.2) is 13.1 Å². The van der Waals surface area contributed by atoms with Crippen LogP contribution in [0.15, 0.2) is 41.6 Å². The lowest BCUT2D eigenvalue weighted by molar-refractivity contribution is -0.172. The van der Waals surface area contributed by atoms with Crippen LogP contribution in [0.3, 0.4) is 0 Å². The Bertz CT molecular complexity index is 788. The van der Waals surface area contributed by atoms with Crippen molar-refractivity contribution in [3.8, 4) is 6.07 Å². The number of aromatic nitrogens is 1. The van der Waals surface area contributed by atoms with Crippen molar-refractivity contribution >= 4 is 11.9 Å². The molecule has 2 rings (SSSR count). The number of halogens is 5. The van der Waals surface area contributed by atoms with Crippen molar-refractivity contribution in [1.82, 2.24) is 9.29 Å². The fraction of sp³-hybridized carbons (Fsp3) is 0.250. The van der Waals surface area contributed by atoms with E-state index in [9.17, 15) is 22.0 Å². The number of rotatable bonds is 5. The third kappa shape index (κ3) is 4.67. The molecule has 0 aliphatic carbocycles.